The quantitative estimate of drug-likeness (QED) is 0.832. The lowest BCUT2D eigenvalue weighted by Crippen LogP contribution is -2.24. The molecule has 2 unspecified atom stereocenters. The molecule has 2 aliphatic rings. The summed E-state index contributed by atoms with van der Waals surface area (Å²) >= 11 is 0. The highest BCUT2D eigenvalue weighted by atomic mass is 16.3. The van der Waals surface area contributed by atoms with E-state index >= 15 is 0 Å². The molecule has 0 aromatic heterocycles. The molecule has 1 saturated carbocycles. The number of aliphatic hydroxyl groups is 1. The van der Waals surface area contributed by atoms with Crippen molar-refractivity contribution in [3.63, 3.8) is 0 Å². The topological polar surface area (TPSA) is 20.2 Å². The van der Waals surface area contributed by atoms with Crippen LogP contribution in [0.25, 0.3) is 0 Å². The summed E-state index contributed by atoms with van der Waals surface area (Å²) in [6, 6.07) is 6.66. The van der Waals surface area contributed by atoms with Crippen LogP contribution in [-0.4, -0.2) is 5.11 Å². The summed E-state index contributed by atoms with van der Waals surface area (Å²) in [6.07, 6.45) is 7.12. The summed E-state index contributed by atoms with van der Waals surface area (Å²) in [5.41, 5.74) is 4.41. The molecule has 1 aromatic carbocycles. The zero-order valence-electron chi connectivity index (χ0n) is 11.6. The molecule has 0 aliphatic heterocycles. The average Bonchev–Trinajstić information content (AvgIpc) is 2.92. The van der Waals surface area contributed by atoms with Crippen molar-refractivity contribution < 1.29 is 5.11 Å². The molecule has 18 heavy (non-hydrogen) atoms. The second kappa shape index (κ2) is 4.38. The van der Waals surface area contributed by atoms with Crippen LogP contribution in [0.1, 0.15) is 62.3 Å². The summed E-state index contributed by atoms with van der Waals surface area (Å²) in [5, 5.41) is 10.7. The normalized spacial score (nSPS) is 27.2. The zero-order valence-corrected chi connectivity index (χ0v) is 11.6. The van der Waals surface area contributed by atoms with Gasteiger partial charge in [0.2, 0.25) is 0 Å². The molecule has 2 aliphatic carbocycles. The summed E-state index contributed by atoms with van der Waals surface area (Å²) in [4.78, 5) is 0. The van der Waals surface area contributed by atoms with Gasteiger partial charge in [-0.1, -0.05) is 38.5 Å². The van der Waals surface area contributed by atoms with E-state index in [0.29, 0.717) is 11.3 Å². The Balaban J connectivity index is 1.86. The monoisotopic (exact) mass is 244 g/mol. The van der Waals surface area contributed by atoms with Crippen LogP contribution in [0.2, 0.25) is 0 Å². The molecular formula is C17H24O. The van der Waals surface area contributed by atoms with Crippen molar-refractivity contribution in [1.82, 2.24) is 0 Å². The minimum absolute atomic E-state index is 0.270. The summed E-state index contributed by atoms with van der Waals surface area (Å²) < 4.78 is 0. The van der Waals surface area contributed by atoms with Crippen molar-refractivity contribution in [3.8, 4) is 0 Å². The molecule has 0 amide bonds. The van der Waals surface area contributed by atoms with Crippen molar-refractivity contribution in [2.45, 2.75) is 58.5 Å². The number of hydrogen-bond donors (Lipinski definition) is 1. The molecule has 0 heterocycles. The van der Waals surface area contributed by atoms with Crippen molar-refractivity contribution in [1.29, 1.82) is 0 Å². The summed E-state index contributed by atoms with van der Waals surface area (Å²) in [7, 11) is 0. The standard InChI is InChI=1S/C17H24O/c1-17(2)10-4-7-15(17)16(18)14-9-8-12-5-3-6-13(12)11-14/h8-9,11,15-16,18H,3-7,10H2,1-2H3. The Morgan fingerprint density at radius 2 is 1.94 bits per heavy atom. The third-order valence-electron chi connectivity index (χ3n) is 5.19. The molecule has 98 valence electrons. The van der Waals surface area contributed by atoms with Gasteiger partial charge in [0.15, 0.2) is 0 Å². The second-order valence-electron chi connectivity index (χ2n) is 6.81. The lowest BCUT2D eigenvalue weighted by Gasteiger charge is -2.31. The zero-order chi connectivity index (χ0) is 12.8. The number of benzene rings is 1. The summed E-state index contributed by atoms with van der Waals surface area (Å²) in [6.45, 7) is 4.61. The van der Waals surface area contributed by atoms with Gasteiger partial charge in [0.05, 0.1) is 6.10 Å². The van der Waals surface area contributed by atoms with Crippen LogP contribution < -0.4 is 0 Å². The smallest absolute Gasteiger partial charge is 0.0823 e. The van der Waals surface area contributed by atoms with Crippen LogP contribution >= 0.6 is 0 Å². The maximum atomic E-state index is 10.7. The van der Waals surface area contributed by atoms with Crippen LogP contribution in [0.15, 0.2) is 18.2 Å². The Bertz CT molecular complexity index is 447. The number of hydrogen-bond acceptors (Lipinski definition) is 1. The van der Waals surface area contributed by atoms with E-state index in [4.69, 9.17) is 0 Å². The molecule has 1 fully saturated rings. The molecular weight excluding hydrogens is 220 g/mol. The van der Waals surface area contributed by atoms with Gasteiger partial charge in [0.25, 0.3) is 0 Å². The predicted octanol–water partition coefficient (Wildman–Crippen LogP) is 4.04. The Labute approximate surface area is 110 Å². The molecule has 1 aromatic rings. The Morgan fingerprint density at radius 1 is 1.17 bits per heavy atom. The van der Waals surface area contributed by atoms with Gasteiger partial charge in [-0.05, 0) is 60.1 Å². The van der Waals surface area contributed by atoms with Crippen LogP contribution in [0.3, 0.4) is 0 Å². The molecule has 1 nitrogen and oxygen atoms in total. The molecule has 1 heteroatoms. The van der Waals surface area contributed by atoms with Crippen molar-refractivity contribution >= 4 is 0 Å². The van der Waals surface area contributed by atoms with Crippen LogP contribution in [0, 0.1) is 11.3 Å². The Morgan fingerprint density at radius 3 is 2.67 bits per heavy atom. The van der Waals surface area contributed by atoms with E-state index in [-0.39, 0.29) is 6.10 Å². The van der Waals surface area contributed by atoms with Gasteiger partial charge in [-0.15, -0.1) is 0 Å². The van der Waals surface area contributed by atoms with Crippen molar-refractivity contribution in [2.24, 2.45) is 11.3 Å². The van der Waals surface area contributed by atoms with Crippen molar-refractivity contribution in [3.05, 3.63) is 34.9 Å². The molecule has 0 spiro atoms. The first-order valence-corrected chi connectivity index (χ1v) is 7.38. The fraction of sp³-hybridized carbons (Fsp3) is 0.647. The maximum Gasteiger partial charge on any atom is 0.0823 e. The Kier molecular flexibility index (Phi) is 2.97. The fourth-order valence-corrected chi connectivity index (χ4v) is 3.95. The summed E-state index contributed by atoms with van der Waals surface area (Å²) in [5.74, 6) is 0.428. The molecule has 0 radical (unpaired) electrons. The maximum absolute atomic E-state index is 10.7. The van der Waals surface area contributed by atoms with E-state index in [0.717, 1.165) is 5.56 Å². The Hall–Kier alpha value is -0.820. The predicted molar refractivity (Wildman–Crippen MR) is 74.5 cm³/mol. The van der Waals surface area contributed by atoms with E-state index in [1.807, 2.05) is 0 Å². The highest BCUT2D eigenvalue weighted by Gasteiger charge is 2.39. The third kappa shape index (κ3) is 1.99. The number of aryl methyl sites for hydroxylation is 2. The lowest BCUT2D eigenvalue weighted by molar-refractivity contribution is 0.0531. The van der Waals surface area contributed by atoms with Gasteiger partial charge < -0.3 is 5.11 Å². The fourth-order valence-electron chi connectivity index (χ4n) is 3.95. The van der Waals surface area contributed by atoms with Crippen LogP contribution in [0.5, 0.6) is 0 Å². The third-order valence-corrected chi connectivity index (χ3v) is 5.19. The van der Waals surface area contributed by atoms with Gasteiger partial charge in [0, 0.05) is 0 Å². The van der Waals surface area contributed by atoms with E-state index in [1.165, 1.54) is 49.7 Å². The molecule has 0 saturated heterocycles. The van der Waals surface area contributed by atoms with Crippen LogP contribution in [-0.2, 0) is 12.8 Å². The average molecular weight is 244 g/mol. The van der Waals surface area contributed by atoms with Gasteiger partial charge >= 0.3 is 0 Å². The first kappa shape index (κ1) is 12.2. The van der Waals surface area contributed by atoms with E-state index < -0.39 is 0 Å². The van der Waals surface area contributed by atoms with Gasteiger partial charge in [-0.2, -0.15) is 0 Å². The minimum Gasteiger partial charge on any atom is -0.388 e. The van der Waals surface area contributed by atoms with E-state index in [1.54, 1.807) is 0 Å². The number of fused-ring (bicyclic) bond motifs is 1. The molecule has 1 N–H and O–H groups in total. The SMILES string of the molecule is CC1(C)CCCC1C(O)c1ccc2c(c1)CCC2. The highest BCUT2D eigenvalue weighted by molar-refractivity contribution is 5.36. The minimum atomic E-state index is -0.270. The van der Waals surface area contributed by atoms with Gasteiger partial charge in [0.1, 0.15) is 0 Å². The second-order valence-corrected chi connectivity index (χ2v) is 6.81. The molecule has 0 bridgehead atoms. The first-order chi connectivity index (χ1) is 8.58. The molecule has 3 rings (SSSR count). The van der Waals surface area contributed by atoms with Crippen molar-refractivity contribution in [2.75, 3.05) is 0 Å². The van der Waals surface area contributed by atoms with Gasteiger partial charge in [-0.25, -0.2) is 0 Å². The highest BCUT2D eigenvalue weighted by Crippen LogP contribution is 2.48. The first-order valence-electron chi connectivity index (χ1n) is 7.38. The largest absolute Gasteiger partial charge is 0.388 e. The number of rotatable bonds is 2. The molecule has 2 atom stereocenters. The number of aliphatic hydroxyl groups excluding tert-OH is 1. The van der Waals surface area contributed by atoms with Crippen LogP contribution in [0.4, 0.5) is 0 Å². The van der Waals surface area contributed by atoms with E-state index in [2.05, 4.69) is 32.0 Å². The lowest BCUT2D eigenvalue weighted by atomic mass is 9.76. The van der Waals surface area contributed by atoms with E-state index in [9.17, 15) is 5.11 Å². The van der Waals surface area contributed by atoms with Gasteiger partial charge in [-0.3, -0.25) is 0 Å².